The van der Waals surface area contributed by atoms with Crippen molar-refractivity contribution in [2.75, 3.05) is 6.54 Å². The average Bonchev–Trinajstić information content (AvgIpc) is 2.15. The molecule has 1 aromatic carbocycles. The van der Waals surface area contributed by atoms with Crippen LogP contribution in [0, 0.1) is 0 Å². The minimum absolute atomic E-state index is 0.0417. The summed E-state index contributed by atoms with van der Waals surface area (Å²) in [6.07, 6.45) is 0. The summed E-state index contributed by atoms with van der Waals surface area (Å²) in [6.45, 7) is 1.47. The van der Waals surface area contributed by atoms with Crippen LogP contribution >= 0.6 is 27.5 Å². The van der Waals surface area contributed by atoms with Gasteiger partial charge in [0.1, 0.15) is 4.90 Å². The van der Waals surface area contributed by atoms with Crippen LogP contribution in [-0.4, -0.2) is 24.6 Å². The van der Waals surface area contributed by atoms with E-state index in [1.54, 1.807) is 12.1 Å². The highest BCUT2D eigenvalue weighted by atomic mass is 79.9. The van der Waals surface area contributed by atoms with Crippen molar-refractivity contribution in [3.63, 3.8) is 0 Å². The van der Waals surface area contributed by atoms with Crippen molar-refractivity contribution < 1.29 is 13.6 Å². The predicted molar refractivity (Wildman–Crippen MR) is 60.5 cm³/mol. The van der Waals surface area contributed by atoms with Gasteiger partial charge in [-0.15, -0.1) is 0 Å². The number of hydrogen-bond donors (Lipinski definition) is 1. The van der Waals surface area contributed by atoms with Crippen LogP contribution in [0.3, 0.4) is 0 Å². The van der Waals surface area contributed by atoms with Crippen molar-refractivity contribution >= 4 is 37.6 Å². The Morgan fingerprint density at radius 1 is 1.53 bits per heavy atom. The Labute approximate surface area is 102 Å². The Balaban J connectivity index is 3.40. The lowest BCUT2D eigenvalue weighted by Crippen LogP contribution is -2.27. The van der Waals surface area contributed by atoms with Gasteiger partial charge in [-0.1, -0.05) is 22.1 Å². The van der Waals surface area contributed by atoms with Gasteiger partial charge in [-0.3, -0.25) is 5.21 Å². The van der Waals surface area contributed by atoms with E-state index >= 15 is 0 Å². The zero-order valence-electron chi connectivity index (χ0n) is 7.81. The van der Waals surface area contributed by atoms with E-state index in [2.05, 4.69) is 15.9 Å². The van der Waals surface area contributed by atoms with Gasteiger partial charge in [0, 0.05) is 11.0 Å². The molecule has 0 aliphatic heterocycles. The molecule has 0 amide bonds. The number of nitrogens with zero attached hydrogens (tertiary/aromatic N) is 1. The second-order valence-corrected chi connectivity index (χ2v) is 5.74. The van der Waals surface area contributed by atoms with Crippen LogP contribution < -0.4 is 0 Å². The Morgan fingerprint density at radius 3 is 2.60 bits per heavy atom. The highest BCUT2D eigenvalue weighted by Crippen LogP contribution is 2.30. The summed E-state index contributed by atoms with van der Waals surface area (Å²) >= 11 is 8.85. The van der Waals surface area contributed by atoms with Crippen LogP contribution in [0.5, 0.6) is 0 Å². The molecule has 0 atom stereocenters. The lowest BCUT2D eigenvalue weighted by molar-refractivity contribution is 0.00853. The lowest BCUT2D eigenvalue weighted by Gasteiger charge is -2.14. The standard InChI is InChI=1S/C8H9BrClNO3S/c1-2-11(12)15(13,14)8-6(9)4-3-5-7(8)10/h3-5,12H,2H2,1H3. The second-order valence-electron chi connectivity index (χ2n) is 2.69. The number of sulfonamides is 1. The Bertz CT molecular complexity index is 443. The summed E-state index contributed by atoms with van der Waals surface area (Å²) in [5.74, 6) is 0. The summed E-state index contributed by atoms with van der Waals surface area (Å²) < 4.78 is 24.1. The first-order valence-electron chi connectivity index (χ1n) is 4.07. The fourth-order valence-corrected chi connectivity index (χ4v) is 3.74. The molecule has 0 aromatic heterocycles. The molecule has 0 unspecified atom stereocenters. The molecule has 0 fully saturated rings. The van der Waals surface area contributed by atoms with Crippen molar-refractivity contribution in [2.24, 2.45) is 0 Å². The van der Waals surface area contributed by atoms with Gasteiger partial charge in [-0.25, -0.2) is 8.42 Å². The minimum Gasteiger partial charge on any atom is -0.299 e. The predicted octanol–water partition coefficient (Wildman–Crippen LogP) is 2.50. The number of hydrogen-bond acceptors (Lipinski definition) is 3. The van der Waals surface area contributed by atoms with E-state index in [9.17, 15) is 13.6 Å². The summed E-state index contributed by atoms with van der Waals surface area (Å²) in [4.78, 5) is -0.129. The molecule has 15 heavy (non-hydrogen) atoms. The van der Waals surface area contributed by atoms with Gasteiger partial charge in [0.05, 0.1) is 5.02 Å². The van der Waals surface area contributed by atoms with E-state index in [1.807, 2.05) is 0 Å². The third kappa shape index (κ3) is 2.51. The maximum Gasteiger partial charge on any atom is 0.267 e. The first kappa shape index (κ1) is 12.9. The average molecular weight is 315 g/mol. The fraction of sp³-hybridized carbons (Fsp3) is 0.250. The number of halogens is 2. The van der Waals surface area contributed by atoms with Crippen LogP contribution in [0.15, 0.2) is 27.6 Å². The quantitative estimate of drug-likeness (QED) is 0.872. The summed E-state index contributed by atoms with van der Waals surface area (Å²) in [6, 6.07) is 4.60. The molecule has 0 aliphatic carbocycles. The van der Waals surface area contributed by atoms with Crippen LogP contribution in [0.25, 0.3) is 0 Å². The summed E-state index contributed by atoms with van der Waals surface area (Å²) in [7, 11) is -3.94. The van der Waals surface area contributed by atoms with Gasteiger partial charge in [-0.05, 0) is 35.0 Å². The highest BCUT2D eigenvalue weighted by Gasteiger charge is 2.26. The zero-order chi connectivity index (χ0) is 11.6. The molecule has 0 aliphatic rings. The van der Waals surface area contributed by atoms with E-state index in [1.165, 1.54) is 13.0 Å². The largest absolute Gasteiger partial charge is 0.299 e. The zero-order valence-corrected chi connectivity index (χ0v) is 11.0. The van der Waals surface area contributed by atoms with Crippen LogP contribution in [0.1, 0.15) is 6.92 Å². The third-order valence-electron chi connectivity index (χ3n) is 1.72. The molecule has 0 spiro atoms. The van der Waals surface area contributed by atoms with Gasteiger partial charge in [-0.2, -0.15) is 0 Å². The Morgan fingerprint density at radius 2 is 2.13 bits per heavy atom. The van der Waals surface area contributed by atoms with Crippen molar-refractivity contribution in [3.05, 3.63) is 27.7 Å². The maximum atomic E-state index is 11.8. The smallest absolute Gasteiger partial charge is 0.267 e. The molecule has 1 aromatic rings. The topological polar surface area (TPSA) is 57.6 Å². The number of benzene rings is 1. The molecule has 0 heterocycles. The van der Waals surface area contributed by atoms with E-state index in [-0.39, 0.29) is 20.9 Å². The number of rotatable bonds is 3. The maximum absolute atomic E-state index is 11.8. The summed E-state index contributed by atoms with van der Waals surface area (Å²) in [5, 5.41) is 9.32. The van der Waals surface area contributed by atoms with Gasteiger partial charge in [0.2, 0.25) is 0 Å². The fourth-order valence-electron chi connectivity index (χ4n) is 1.00. The molecule has 1 N–H and O–H groups in total. The minimum atomic E-state index is -3.94. The van der Waals surface area contributed by atoms with Crippen molar-refractivity contribution in [1.82, 2.24) is 4.47 Å². The van der Waals surface area contributed by atoms with E-state index in [4.69, 9.17) is 11.6 Å². The number of hydroxylamine groups is 1. The van der Waals surface area contributed by atoms with Gasteiger partial charge < -0.3 is 0 Å². The molecule has 7 heteroatoms. The molecule has 84 valence electrons. The molecular weight excluding hydrogens is 306 g/mol. The third-order valence-corrected chi connectivity index (χ3v) is 4.84. The second kappa shape index (κ2) is 4.80. The van der Waals surface area contributed by atoms with Crippen LogP contribution in [0.2, 0.25) is 5.02 Å². The normalized spacial score (nSPS) is 12.1. The molecule has 0 saturated carbocycles. The molecule has 1 rings (SSSR count). The van der Waals surface area contributed by atoms with Gasteiger partial charge in [0.15, 0.2) is 0 Å². The van der Waals surface area contributed by atoms with E-state index in [0.717, 1.165) is 0 Å². The van der Waals surface area contributed by atoms with Crippen LogP contribution in [-0.2, 0) is 10.0 Å². The molecule has 0 radical (unpaired) electrons. The molecule has 0 bridgehead atoms. The van der Waals surface area contributed by atoms with Crippen molar-refractivity contribution in [2.45, 2.75) is 11.8 Å². The van der Waals surface area contributed by atoms with E-state index in [0.29, 0.717) is 4.47 Å². The first-order valence-corrected chi connectivity index (χ1v) is 6.68. The Hall–Kier alpha value is -0.140. The first-order chi connectivity index (χ1) is 6.91. The molecule has 4 nitrogen and oxygen atoms in total. The molecular formula is C8H9BrClNO3S. The summed E-state index contributed by atoms with van der Waals surface area (Å²) in [5.41, 5.74) is 0. The molecule has 0 saturated heterocycles. The lowest BCUT2D eigenvalue weighted by atomic mass is 10.4. The highest BCUT2D eigenvalue weighted by molar-refractivity contribution is 9.10. The monoisotopic (exact) mass is 313 g/mol. The van der Waals surface area contributed by atoms with Gasteiger partial charge >= 0.3 is 0 Å². The van der Waals surface area contributed by atoms with Crippen molar-refractivity contribution in [3.8, 4) is 0 Å². The van der Waals surface area contributed by atoms with Crippen LogP contribution in [0.4, 0.5) is 0 Å². The SMILES string of the molecule is CCN(O)S(=O)(=O)c1c(Cl)cccc1Br. The Kier molecular flexibility index (Phi) is 4.13. The van der Waals surface area contributed by atoms with E-state index < -0.39 is 10.0 Å². The van der Waals surface area contributed by atoms with Gasteiger partial charge in [0.25, 0.3) is 10.0 Å². The van der Waals surface area contributed by atoms with Crippen molar-refractivity contribution in [1.29, 1.82) is 0 Å².